The van der Waals surface area contributed by atoms with Gasteiger partial charge in [-0.15, -0.1) is 0 Å². The fraction of sp³-hybridized carbons (Fsp3) is 0. The molecular weight excluding hydrogens is 375 g/mol. The van der Waals surface area contributed by atoms with E-state index in [0.29, 0.717) is 34.4 Å². The normalized spacial score (nSPS) is 14.5. The van der Waals surface area contributed by atoms with E-state index in [1.165, 1.54) is 0 Å². The Morgan fingerprint density at radius 2 is 1.65 bits per heavy atom. The molecule has 0 atom stereocenters. The van der Waals surface area contributed by atoms with Crippen molar-refractivity contribution in [2.75, 3.05) is 5.32 Å². The summed E-state index contributed by atoms with van der Waals surface area (Å²) in [5.74, 6) is -0.379. The lowest BCUT2D eigenvalue weighted by Gasteiger charge is -2.40. The molecule has 1 N–H and O–H groups in total. The molecule has 0 unspecified atom stereocenters. The summed E-state index contributed by atoms with van der Waals surface area (Å²) in [4.78, 5) is 9.39. The maximum absolute atomic E-state index is 12.8. The van der Waals surface area contributed by atoms with E-state index in [2.05, 4.69) is 11.9 Å². The highest BCUT2D eigenvalue weighted by atomic mass is 32.5. The second-order valence-corrected chi connectivity index (χ2v) is 8.02. The Hall–Kier alpha value is -2.81. The van der Waals surface area contributed by atoms with Crippen molar-refractivity contribution >= 4 is 32.7 Å². The highest BCUT2D eigenvalue weighted by molar-refractivity contribution is 8.45. The van der Waals surface area contributed by atoms with Gasteiger partial charge in [0.15, 0.2) is 0 Å². The van der Waals surface area contributed by atoms with Crippen LogP contribution in [0.1, 0.15) is 0 Å². The molecule has 0 bridgehead atoms. The quantitative estimate of drug-likeness (QED) is 0.407. The Morgan fingerprint density at radius 3 is 2.23 bits per heavy atom. The monoisotopic (exact) mass is 388 g/mol. The smallest absolute Gasteiger partial charge is 0.310 e. The van der Waals surface area contributed by atoms with Crippen molar-refractivity contribution in [3.8, 4) is 5.69 Å². The molecule has 0 spiro atoms. The van der Waals surface area contributed by atoms with Gasteiger partial charge in [0.2, 0.25) is 5.91 Å². The Balaban J connectivity index is 1.99. The first-order chi connectivity index (χ1) is 11.9. The molecule has 26 heavy (non-hydrogen) atoms. The van der Waals surface area contributed by atoms with Gasteiger partial charge in [-0.3, -0.25) is 4.79 Å². The van der Waals surface area contributed by atoms with Crippen LogP contribution >= 0.6 is 10.2 Å². The van der Waals surface area contributed by atoms with Gasteiger partial charge in [0, 0.05) is 23.0 Å². The number of nitrogens with zero attached hydrogens (tertiary/aromatic N) is 1. The molecule has 9 heteroatoms. The molecular formula is C17H13F5N2OS. The zero-order chi connectivity index (χ0) is 19.2. The SMILES string of the molecule is C=CC(=O)Nc1ccc2c(ccn2-c2ccc(S(F)(F)(F)(F)F)cc2)c1. The number of rotatable bonds is 4. The van der Waals surface area contributed by atoms with Gasteiger partial charge in [-0.05, 0) is 54.6 Å². The molecule has 1 amide bonds. The highest BCUT2D eigenvalue weighted by Crippen LogP contribution is 3.02. The molecule has 3 rings (SSSR count). The first-order valence-electron chi connectivity index (χ1n) is 7.26. The molecule has 0 aliphatic rings. The molecule has 3 aromatic rings. The Kier molecular flexibility index (Phi) is 3.53. The molecule has 0 saturated heterocycles. The van der Waals surface area contributed by atoms with Crippen molar-refractivity contribution in [3.05, 3.63) is 67.4 Å². The summed E-state index contributed by atoms with van der Waals surface area (Å²) in [5, 5.41) is 3.31. The third-order valence-corrected chi connectivity index (χ3v) is 4.87. The largest absolute Gasteiger partial charge is 0.323 e. The van der Waals surface area contributed by atoms with Gasteiger partial charge < -0.3 is 9.88 Å². The van der Waals surface area contributed by atoms with Crippen LogP contribution in [0.2, 0.25) is 0 Å². The van der Waals surface area contributed by atoms with Gasteiger partial charge in [-0.25, -0.2) is 0 Å². The number of amides is 1. The zero-order valence-corrected chi connectivity index (χ0v) is 14.0. The first-order valence-corrected chi connectivity index (χ1v) is 9.21. The predicted molar refractivity (Wildman–Crippen MR) is 93.5 cm³/mol. The van der Waals surface area contributed by atoms with Gasteiger partial charge in [0.1, 0.15) is 4.90 Å². The second-order valence-electron chi connectivity index (χ2n) is 5.62. The van der Waals surface area contributed by atoms with Crippen LogP contribution in [0.5, 0.6) is 0 Å². The van der Waals surface area contributed by atoms with Crippen LogP contribution in [-0.4, -0.2) is 10.5 Å². The van der Waals surface area contributed by atoms with Gasteiger partial charge >= 0.3 is 10.2 Å². The molecule has 0 aliphatic carbocycles. The molecule has 1 heterocycles. The summed E-state index contributed by atoms with van der Waals surface area (Å²) < 4.78 is 65.6. The number of hydrogen-bond donors (Lipinski definition) is 1. The van der Waals surface area contributed by atoms with Crippen LogP contribution in [0.15, 0.2) is 72.3 Å². The standard InChI is InChI=1S/C17H13F5N2OS/c1-2-17(25)23-13-3-8-16-12(11-13)9-10-24(16)14-4-6-15(7-5-14)26(18,19,20,21)22/h2-11H,1H2,(H,23,25). The average Bonchev–Trinajstić information content (AvgIpc) is 2.96. The van der Waals surface area contributed by atoms with E-state index in [1.807, 2.05) is 0 Å². The molecule has 1 aromatic heterocycles. The van der Waals surface area contributed by atoms with Crippen molar-refractivity contribution in [3.63, 3.8) is 0 Å². The second kappa shape index (κ2) is 5.10. The summed E-state index contributed by atoms with van der Waals surface area (Å²) in [6.45, 7) is 3.35. The van der Waals surface area contributed by atoms with Crippen LogP contribution in [0.3, 0.4) is 0 Å². The van der Waals surface area contributed by atoms with Crippen LogP contribution < -0.4 is 5.32 Å². The van der Waals surface area contributed by atoms with Crippen molar-refractivity contribution < 1.29 is 24.2 Å². The lowest BCUT2D eigenvalue weighted by atomic mass is 10.2. The van der Waals surface area contributed by atoms with E-state index in [4.69, 9.17) is 0 Å². The van der Waals surface area contributed by atoms with Crippen molar-refractivity contribution in [1.82, 2.24) is 4.57 Å². The fourth-order valence-corrected chi connectivity index (χ4v) is 3.15. The number of carbonyl (C=O) groups is 1. The van der Waals surface area contributed by atoms with E-state index in [0.717, 1.165) is 18.2 Å². The third kappa shape index (κ3) is 3.57. The maximum atomic E-state index is 12.8. The van der Waals surface area contributed by atoms with E-state index >= 15 is 0 Å². The number of carbonyl (C=O) groups excluding carboxylic acids is 1. The van der Waals surface area contributed by atoms with Crippen molar-refractivity contribution in [2.24, 2.45) is 0 Å². The Bertz CT molecular complexity index is 1020. The molecule has 0 saturated carbocycles. The Morgan fingerprint density at radius 1 is 1.00 bits per heavy atom. The minimum atomic E-state index is -9.69. The molecule has 0 fully saturated rings. The molecule has 2 aromatic carbocycles. The van der Waals surface area contributed by atoms with E-state index < -0.39 is 15.1 Å². The fourth-order valence-electron chi connectivity index (χ4n) is 2.50. The number of fused-ring (bicyclic) bond motifs is 1. The van der Waals surface area contributed by atoms with Crippen molar-refractivity contribution in [2.45, 2.75) is 4.90 Å². The lowest BCUT2D eigenvalue weighted by Crippen LogP contribution is -2.07. The Labute approximate surface area is 145 Å². The average molecular weight is 388 g/mol. The molecule has 0 radical (unpaired) electrons. The van der Waals surface area contributed by atoms with Gasteiger partial charge in [-0.1, -0.05) is 26.0 Å². The van der Waals surface area contributed by atoms with E-state index in [1.54, 1.807) is 35.0 Å². The number of halogens is 5. The van der Waals surface area contributed by atoms with Gasteiger partial charge in [-0.2, -0.15) is 0 Å². The van der Waals surface area contributed by atoms with Crippen molar-refractivity contribution in [1.29, 1.82) is 0 Å². The number of nitrogens with one attached hydrogen (secondary N) is 1. The summed E-state index contributed by atoms with van der Waals surface area (Å²) in [5.41, 5.74) is 1.46. The number of aromatic nitrogens is 1. The topological polar surface area (TPSA) is 34.0 Å². The molecule has 138 valence electrons. The highest BCUT2D eigenvalue weighted by Gasteiger charge is 2.65. The number of hydrogen-bond acceptors (Lipinski definition) is 1. The first kappa shape index (κ1) is 18.0. The van der Waals surface area contributed by atoms with Crippen LogP contribution in [0, 0.1) is 0 Å². The zero-order valence-electron chi connectivity index (χ0n) is 13.1. The summed E-state index contributed by atoms with van der Waals surface area (Å²) in [6.07, 6.45) is 2.72. The minimum absolute atomic E-state index is 0.300. The maximum Gasteiger partial charge on any atom is 0.310 e. The predicted octanol–water partition coefficient (Wildman–Crippen LogP) is 6.41. The van der Waals surface area contributed by atoms with Crippen LogP contribution in [0.25, 0.3) is 16.6 Å². The van der Waals surface area contributed by atoms with Gasteiger partial charge in [0.25, 0.3) is 0 Å². The van der Waals surface area contributed by atoms with E-state index in [-0.39, 0.29) is 5.91 Å². The number of benzene rings is 2. The third-order valence-electron chi connectivity index (χ3n) is 3.70. The molecule has 0 aliphatic heterocycles. The summed E-state index contributed by atoms with van der Waals surface area (Å²) in [6, 6.07) is 9.37. The minimum Gasteiger partial charge on any atom is -0.323 e. The lowest BCUT2D eigenvalue weighted by molar-refractivity contribution is -0.111. The van der Waals surface area contributed by atoms with Gasteiger partial charge in [0.05, 0.1) is 5.52 Å². The summed E-state index contributed by atoms with van der Waals surface area (Å²) in [7, 11) is -9.69. The van der Waals surface area contributed by atoms with Crippen LogP contribution in [-0.2, 0) is 4.79 Å². The van der Waals surface area contributed by atoms with E-state index in [9.17, 15) is 24.2 Å². The van der Waals surface area contributed by atoms with Crippen LogP contribution in [0.4, 0.5) is 25.1 Å². The summed E-state index contributed by atoms with van der Waals surface area (Å²) >= 11 is 0. The molecule has 3 nitrogen and oxygen atoms in total. The number of anilines is 1.